The van der Waals surface area contributed by atoms with Crippen molar-refractivity contribution in [2.45, 2.75) is 26.3 Å². The van der Waals surface area contributed by atoms with Gasteiger partial charge in [0.05, 0.1) is 13.2 Å². The van der Waals surface area contributed by atoms with Gasteiger partial charge in [0.2, 0.25) is 0 Å². The molecule has 88 valence electrons. The maximum atomic E-state index is 5.35. The summed E-state index contributed by atoms with van der Waals surface area (Å²) in [7, 11) is 0. The van der Waals surface area contributed by atoms with Crippen molar-refractivity contribution in [1.29, 1.82) is 0 Å². The lowest BCUT2D eigenvalue weighted by molar-refractivity contribution is 0.0342. The summed E-state index contributed by atoms with van der Waals surface area (Å²) in [6.07, 6.45) is 0. The van der Waals surface area contributed by atoms with E-state index in [2.05, 4.69) is 43.0 Å². The molecule has 1 saturated heterocycles. The molecule has 1 aliphatic rings. The van der Waals surface area contributed by atoms with E-state index in [1.165, 1.54) is 11.1 Å². The average Bonchev–Trinajstić information content (AvgIpc) is 2.31. The van der Waals surface area contributed by atoms with Gasteiger partial charge >= 0.3 is 0 Å². The molecule has 1 aromatic rings. The Hall–Kier alpha value is -0.860. The zero-order valence-electron chi connectivity index (χ0n) is 10.3. The second kappa shape index (κ2) is 5.46. The summed E-state index contributed by atoms with van der Waals surface area (Å²) in [5.41, 5.74) is 2.83. The third-order valence-electron chi connectivity index (χ3n) is 3.16. The van der Waals surface area contributed by atoms with E-state index in [9.17, 15) is 0 Å². The van der Waals surface area contributed by atoms with Crippen LogP contribution in [0.4, 0.5) is 0 Å². The van der Waals surface area contributed by atoms with Crippen LogP contribution in [0, 0.1) is 0 Å². The van der Waals surface area contributed by atoms with Gasteiger partial charge in [0, 0.05) is 19.6 Å². The molecule has 0 aliphatic carbocycles. The normalized spacial score (nSPS) is 17.9. The first-order valence-electron chi connectivity index (χ1n) is 6.14. The molecule has 0 amide bonds. The highest BCUT2D eigenvalue weighted by Crippen LogP contribution is 2.15. The van der Waals surface area contributed by atoms with Gasteiger partial charge in [-0.05, 0) is 17.0 Å². The predicted octanol–water partition coefficient (Wildman–Crippen LogP) is 2.64. The lowest BCUT2D eigenvalue weighted by Gasteiger charge is -2.26. The topological polar surface area (TPSA) is 12.5 Å². The summed E-state index contributed by atoms with van der Waals surface area (Å²) in [4.78, 5) is 2.45. The SMILES string of the molecule is CC(C)c1ccc(CN2CCOCC2)cc1. The number of ether oxygens (including phenoxy) is 1. The smallest absolute Gasteiger partial charge is 0.0594 e. The second-order valence-electron chi connectivity index (χ2n) is 4.78. The Morgan fingerprint density at radius 1 is 1.12 bits per heavy atom. The molecule has 0 unspecified atom stereocenters. The lowest BCUT2D eigenvalue weighted by atomic mass is 10.0. The molecule has 0 aromatic heterocycles. The van der Waals surface area contributed by atoms with Crippen LogP contribution in [0.25, 0.3) is 0 Å². The second-order valence-corrected chi connectivity index (χ2v) is 4.78. The minimum atomic E-state index is 0.623. The van der Waals surface area contributed by atoms with Crippen molar-refractivity contribution >= 4 is 0 Å². The van der Waals surface area contributed by atoms with Crippen LogP contribution in [-0.2, 0) is 11.3 Å². The summed E-state index contributed by atoms with van der Waals surface area (Å²) in [5.74, 6) is 0.623. The monoisotopic (exact) mass is 219 g/mol. The summed E-state index contributed by atoms with van der Waals surface area (Å²) in [6, 6.07) is 9.01. The van der Waals surface area contributed by atoms with Gasteiger partial charge in [0.25, 0.3) is 0 Å². The van der Waals surface area contributed by atoms with Crippen LogP contribution in [0.2, 0.25) is 0 Å². The number of hydrogen-bond acceptors (Lipinski definition) is 2. The van der Waals surface area contributed by atoms with Crippen molar-refractivity contribution < 1.29 is 4.74 Å². The molecule has 1 fully saturated rings. The fraction of sp³-hybridized carbons (Fsp3) is 0.571. The number of morpholine rings is 1. The van der Waals surface area contributed by atoms with Crippen LogP contribution in [-0.4, -0.2) is 31.2 Å². The van der Waals surface area contributed by atoms with Crippen LogP contribution >= 0.6 is 0 Å². The zero-order valence-corrected chi connectivity index (χ0v) is 10.3. The van der Waals surface area contributed by atoms with E-state index < -0.39 is 0 Å². The molecule has 2 rings (SSSR count). The van der Waals surface area contributed by atoms with E-state index in [4.69, 9.17) is 4.74 Å². The fourth-order valence-electron chi connectivity index (χ4n) is 2.03. The zero-order chi connectivity index (χ0) is 11.4. The van der Waals surface area contributed by atoms with Gasteiger partial charge in [0.15, 0.2) is 0 Å². The van der Waals surface area contributed by atoms with E-state index in [1.54, 1.807) is 0 Å². The quantitative estimate of drug-likeness (QED) is 0.775. The van der Waals surface area contributed by atoms with E-state index in [0.717, 1.165) is 32.8 Å². The van der Waals surface area contributed by atoms with Crippen molar-refractivity contribution in [3.05, 3.63) is 35.4 Å². The van der Waals surface area contributed by atoms with Crippen LogP contribution in [0.5, 0.6) is 0 Å². The molecule has 0 atom stereocenters. The molecule has 0 saturated carbocycles. The first-order chi connectivity index (χ1) is 7.75. The van der Waals surface area contributed by atoms with Gasteiger partial charge in [-0.15, -0.1) is 0 Å². The number of nitrogens with zero attached hydrogens (tertiary/aromatic N) is 1. The fourth-order valence-corrected chi connectivity index (χ4v) is 2.03. The Balaban J connectivity index is 1.93. The summed E-state index contributed by atoms with van der Waals surface area (Å²) >= 11 is 0. The highest BCUT2D eigenvalue weighted by Gasteiger charge is 2.10. The molecular weight excluding hydrogens is 198 g/mol. The first-order valence-corrected chi connectivity index (χ1v) is 6.14. The number of hydrogen-bond donors (Lipinski definition) is 0. The maximum absolute atomic E-state index is 5.35. The van der Waals surface area contributed by atoms with Gasteiger partial charge in [0.1, 0.15) is 0 Å². The molecule has 1 aromatic carbocycles. The largest absolute Gasteiger partial charge is 0.379 e. The molecular formula is C14H21NO. The molecule has 0 radical (unpaired) electrons. The average molecular weight is 219 g/mol. The molecule has 2 nitrogen and oxygen atoms in total. The van der Waals surface area contributed by atoms with Gasteiger partial charge in [-0.1, -0.05) is 38.1 Å². The highest BCUT2D eigenvalue weighted by molar-refractivity contribution is 5.24. The third-order valence-corrected chi connectivity index (χ3v) is 3.16. The van der Waals surface area contributed by atoms with Crippen molar-refractivity contribution in [2.75, 3.05) is 26.3 Å². The molecule has 0 bridgehead atoms. The molecule has 0 spiro atoms. The van der Waals surface area contributed by atoms with Crippen LogP contribution in [0.3, 0.4) is 0 Å². The van der Waals surface area contributed by atoms with Crippen LogP contribution < -0.4 is 0 Å². The summed E-state index contributed by atoms with van der Waals surface area (Å²) in [5, 5.41) is 0. The van der Waals surface area contributed by atoms with Crippen LogP contribution in [0.15, 0.2) is 24.3 Å². The molecule has 16 heavy (non-hydrogen) atoms. The molecule has 1 heterocycles. The van der Waals surface area contributed by atoms with Gasteiger partial charge < -0.3 is 4.74 Å². The van der Waals surface area contributed by atoms with Gasteiger partial charge in [-0.3, -0.25) is 4.90 Å². The summed E-state index contributed by atoms with van der Waals surface area (Å²) in [6.45, 7) is 9.40. The maximum Gasteiger partial charge on any atom is 0.0594 e. The molecule has 0 N–H and O–H groups in total. The highest BCUT2D eigenvalue weighted by atomic mass is 16.5. The van der Waals surface area contributed by atoms with E-state index in [0.29, 0.717) is 5.92 Å². The van der Waals surface area contributed by atoms with E-state index in [-0.39, 0.29) is 0 Å². The Bertz CT molecular complexity index is 312. The number of benzene rings is 1. The third kappa shape index (κ3) is 3.06. The Morgan fingerprint density at radius 2 is 1.75 bits per heavy atom. The lowest BCUT2D eigenvalue weighted by Crippen LogP contribution is -2.35. The van der Waals surface area contributed by atoms with Crippen molar-refractivity contribution in [3.63, 3.8) is 0 Å². The minimum absolute atomic E-state index is 0.623. The van der Waals surface area contributed by atoms with Gasteiger partial charge in [-0.2, -0.15) is 0 Å². The number of rotatable bonds is 3. The minimum Gasteiger partial charge on any atom is -0.379 e. The van der Waals surface area contributed by atoms with E-state index in [1.807, 2.05) is 0 Å². The predicted molar refractivity (Wildman–Crippen MR) is 66.6 cm³/mol. The van der Waals surface area contributed by atoms with Crippen molar-refractivity contribution in [1.82, 2.24) is 4.90 Å². The standard InChI is InChI=1S/C14H21NO/c1-12(2)14-5-3-13(4-6-14)11-15-7-9-16-10-8-15/h3-6,12H,7-11H2,1-2H3. The van der Waals surface area contributed by atoms with E-state index >= 15 is 0 Å². The summed E-state index contributed by atoms with van der Waals surface area (Å²) < 4.78 is 5.35. The Labute approximate surface area is 98.2 Å². The van der Waals surface area contributed by atoms with Crippen LogP contribution in [0.1, 0.15) is 30.9 Å². The van der Waals surface area contributed by atoms with Crippen molar-refractivity contribution in [2.24, 2.45) is 0 Å². The van der Waals surface area contributed by atoms with Gasteiger partial charge in [-0.25, -0.2) is 0 Å². The first kappa shape index (κ1) is 11.6. The molecule has 2 heteroatoms. The van der Waals surface area contributed by atoms with Crippen molar-refractivity contribution in [3.8, 4) is 0 Å². The molecule has 1 aliphatic heterocycles. The Morgan fingerprint density at radius 3 is 2.31 bits per heavy atom. The Kier molecular flexibility index (Phi) is 3.97.